The molecular formula is C14H16F2N2O. The van der Waals surface area contributed by atoms with E-state index in [0.29, 0.717) is 25.4 Å². The summed E-state index contributed by atoms with van der Waals surface area (Å²) >= 11 is 0. The standard InChI is InChI=1S/C14H16F2N2O/c1-10-9-18(6-3-7-19-10)13-5-2-4-11(14(15)16)12(13)8-17/h2,4-5,10,14H,3,6-7,9H2,1H3/t10-/m0/s1. The number of hydrogen-bond donors (Lipinski definition) is 0. The zero-order valence-corrected chi connectivity index (χ0v) is 10.8. The molecule has 2 rings (SSSR count). The van der Waals surface area contributed by atoms with Crippen LogP contribution in [0.5, 0.6) is 0 Å². The number of ether oxygens (including phenoxy) is 1. The predicted molar refractivity (Wildman–Crippen MR) is 68.4 cm³/mol. The van der Waals surface area contributed by atoms with E-state index in [4.69, 9.17) is 4.74 Å². The number of hydrogen-bond acceptors (Lipinski definition) is 3. The summed E-state index contributed by atoms with van der Waals surface area (Å²) < 4.78 is 31.4. The maximum atomic E-state index is 12.9. The molecule has 3 nitrogen and oxygen atoms in total. The Hall–Kier alpha value is -1.67. The van der Waals surface area contributed by atoms with Crippen LogP contribution < -0.4 is 4.90 Å². The Morgan fingerprint density at radius 1 is 1.47 bits per heavy atom. The molecule has 1 aromatic rings. The Kier molecular flexibility index (Phi) is 4.33. The first-order chi connectivity index (χ1) is 9.13. The van der Waals surface area contributed by atoms with Crippen LogP contribution in [0.15, 0.2) is 18.2 Å². The molecule has 0 N–H and O–H groups in total. The SMILES string of the molecule is C[C@H]1CN(c2cccc(C(F)F)c2C#N)CCCO1. The predicted octanol–water partition coefficient (Wildman–Crippen LogP) is 3.11. The lowest BCUT2D eigenvalue weighted by Gasteiger charge is -2.26. The number of alkyl halides is 2. The van der Waals surface area contributed by atoms with Gasteiger partial charge in [-0.1, -0.05) is 12.1 Å². The van der Waals surface area contributed by atoms with Gasteiger partial charge in [0.2, 0.25) is 0 Å². The Morgan fingerprint density at radius 2 is 2.26 bits per heavy atom. The van der Waals surface area contributed by atoms with Crippen molar-refractivity contribution in [3.8, 4) is 6.07 Å². The molecular weight excluding hydrogens is 250 g/mol. The van der Waals surface area contributed by atoms with E-state index >= 15 is 0 Å². The zero-order valence-electron chi connectivity index (χ0n) is 10.8. The lowest BCUT2D eigenvalue weighted by molar-refractivity contribution is 0.0821. The van der Waals surface area contributed by atoms with Crippen molar-refractivity contribution in [1.29, 1.82) is 5.26 Å². The second-order valence-corrected chi connectivity index (χ2v) is 4.63. The van der Waals surface area contributed by atoms with Crippen LogP contribution in [0.3, 0.4) is 0 Å². The highest BCUT2D eigenvalue weighted by atomic mass is 19.3. The van der Waals surface area contributed by atoms with E-state index in [-0.39, 0.29) is 17.2 Å². The molecule has 0 unspecified atom stereocenters. The van der Waals surface area contributed by atoms with E-state index in [1.807, 2.05) is 17.9 Å². The van der Waals surface area contributed by atoms with E-state index in [0.717, 1.165) is 6.42 Å². The Morgan fingerprint density at radius 3 is 2.95 bits per heavy atom. The van der Waals surface area contributed by atoms with Crippen molar-refractivity contribution < 1.29 is 13.5 Å². The van der Waals surface area contributed by atoms with Crippen LogP contribution in [0, 0.1) is 11.3 Å². The van der Waals surface area contributed by atoms with Crippen LogP contribution in [0.25, 0.3) is 0 Å². The fraction of sp³-hybridized carbons (Fsp3) is 0.500. The third-order valence-electron chi connectivity index (χ3n) is 3.21. The second kappa shape index (κ2) is 5.98. The number of benzene rings is 1. The molecule has 1 aliphatic rings. The van der Waals surface area contributed by atoms with E-state index in [9.17, 15) is 14.0 Å². The maximum Gasteiger partial charge on any atom is 0.265 e. The first-order valence-electron chi connectivity index (χ1n) is 6.31. The van der Waals surface area contributed by atoms with Gasteiger partial charge in [-0.3, -0.25) is 0 Å². The summed E-state index contributed by atoms with van der Waals surface area (Å²) in [6.07, 6.45) is -1.77. The first-order valence-corrected chi connectivity index (χ1v) is 6.31. The average Bonchev–Trinajstić information content (AvgIpc) is 2.62. The summed E-state index contributed by atoms with van der Waals surface area (Å²) in [7, 11) is 0. The van der Waals surface area contributed by atoms with Crippen LogP contribution in [0.2, 0.25) is 0 Å². The molecule has 1 atom stereocenters. The number of halogens is 2. The van der Waals surface area contributed by atoms with Crippen molar-refractivity contribution in [3.63, 3.8) is 0 Å². The molecule has 1 saturated heterocycles. The number of rotatable bonds is 2. The number of nitrogens with zero attached hydrogens (tertiary/aromatic N) is 2. The fourth-order valence-electron chi connectivity index (χ4n) is 2.34. The largest absolute Gasteiger partial charge is 0.377 e. The summed E-state index contributed by atoms with van der Waals surface area (Å²) in [4.78, 5) is 1.96. The Bertz CT molecular complexity index is 485. The lowest BCUT2D eigenvalue weighted by Crippen LogP contribution is -2.30. The molecule has 0 aromatic heterocycles. The highest BCUT2D eigenvalue weighted by molar-refractivity contribution is 5.63. The van der Waals surface area contributed by atoms with Crippen molar-refractivity contribution in [3.05, 3.63) is 29.3 Å². The van der Waals surface area contributed by atoms with Gasteiger partial charge in [0.15, 0.2) is 0 Å². The van der Waals surface area contributed by atoms with E-state index in [1.165, 1.54) is 6.07 Å². The topological polar surface area (TPSA) is 36.3 Å². The van der Waals surface area contributed by atoms with Gasteiger partial charge in [-0.2, -0.15) is 5.26 Å². The van der Waals surface area contributed by atoms with Gasteiger partial charge in [-0.25, -0.2) is 8.78 Å². The average molecular weight is 266 g/mol. The highest BCUT2D eigenvalue weighted by Crippen LogP contribution is 2.30. The van der Waals surface area contributed by atoms with Crippen LogP contribution in [-0.2, 0) is 4.74 Å². The molecule has 5 heteroatoms. The molecule has 0 spiro atoms. The van der Waals surface area contributed by atoms with Crippen LogP contribution in [-0.4, -0.2) is 25.8 Å². The Balaban J connectivity index is 2.38. The highest BCUT2D eigenvalue weighted by Gasteiger charge is 2.22. The smallest absolute Gasteiger partial charge is 0.265 e. The summed E-state index contributed by atoms with van der Waals surface area (Å²) in [6.45, 7) is 3.93. The van der Waals surface area contributed by atoms with Gasteiger partial charge in [-0.05, 0) is 19.4 Å². The van der Waals surface area contributed by atoms with Crippen LogP contribution in [0.4, 0.5) is 14.5 Å². The summed E-state index contributed by atoms with van der Waals surface area (Å²) in [6, 6.07) is 6.53. The van der Waals surface area contributed by atoms with Gasteiger partial charge in [0.1, 0.15) is 6.07 Å². The minimum absolute atomic E-state index is 0.0317. The molecule has 0 amide bonds. The van der Waals surface area contributed by atoms with Crippen molar-refractivity contribution in [2.24, 2.45) is 0 Å². The summed E-state index contributed by atoms with van der Waals surface area (Å²) in [5, 5.41) is 9.17. The van der Waals surface area contributed by atoms with Gasteiger partial charge >= 0.3 is 0 Å². The van der Waals surface area contributed by atoms with Crippen molar-refractivity contribution in [2.45, 2.75) is 25.9 Å². The fourth-order valence-corrected chi connectivity index (χ4v) is 2.34. The Labute approximate surface area is 111 Å². The molecule has 1 fully saturated rings. The first kappa shape index (κ1) is 13.8. The van der Waals surface area contributed by atoms with E-state index in [1.54, 1.807) is 12.1 Å². The third kappa shape index (κ3) is 3.02. The van der Waals surface area contributed by atoms with Gasteiger partial charge in [-0.15, -0.1) is 0 Å². The number of anilines is 1. The van der Waals surface area contributed by atoms with Gasteiger partial charge in [0.25, 0.3) is 6.43 Å². The number of nitriles is 1. The zero-order chi connectivity index (χ0) is 13.8. The summed E-state index contributed by atoms with van der Waals surface area (Å²) in [5.41, 5.74) is 0.460. The molecule has 0 radical (unpaired) electrons. The molecule has 1 heterocycles. The molecule has 0 aliphatic carbocycles. The molecule has 0 saturated carbocycles. The van der Waals surface area contributed by atoms with Gasteiger partial charge < -0.3 is 9.64 Å². The monoisotopic (exact) mass is 266 g/mol. The van der Waals surface area contributed by atoms with Crippen molar-refractivity contribution in [1.82, 2.24) is 0 Å². The van der Waals surface area contributed by atoms with Crippen molar-refractivity contribution in [2.75, 3.05) is 24.6 Å². The third-order valence-corrected chi connectivity index (χ3v) is 3.21. The quantitative estimate of drug-likeness (QED) is 0.825. The minimum atomic E-state index is -2.63. The van der Waals surface area contributed by atoms with Gasteiger partial charge in [0, 0.05) is 25.3 Å². The normalized spacial score (nSPS) is 20.2. The van der Waals surface area contributed by atoms with Crippen molar-refractivity contribution >= 4 is 5.69 Å². The molecule has 102 valence electrons. The second-order valence-electron chi connectivity index (χ2n) is 4.63. The maximum absolute atomic E-state index is 12.9. The lowest BCUT2D eigenvalue weighted by atomic mass is 10.1. The molecule has 0 bridgehead atoms. The van der Waals surface area contributed by atoms with E-state index < -0.39 is 6.43 Å². The molecule has 19 heavy (non-hydrogen) atoms. The van der Waals surface area contributed by atoms with Crippen LogP contribution >= 0.6 is 0 Å². The van der Waals surface area contributed by atoms with Gasteiger partial charge in [0.05, 0.1) is 17.4 Å². The van der Waals surface area contributed by atoms with Crippen LogP contribution in [0.1, 0.15) is 30.9 Å². The minimum Gasteiger partial charge on any atom is -0.377 e. The molecule has 1 aliphatic heterocycles. The summed E-state index contributed by atoms with van der Waals surface area (Å²) in [5.74, 6) is 0. The van der Waals surface area contributed by atoms with E-state index in [2.05, 4.69) is 0 Å². The molecule has 1 aromatic carbocycles.